The number of aromatic amines is 1. The molecule has 2 aromatic carbocycles. The van der Waals surface area contributed by atoms with Crippen LogP contribution in [0.4, 0.5) is 5.69 Å². The van der Waals surface area contributed by atoms with Crippen molar-refractivity contribution in [1.82, 2.24) is 15.1 Å². The van der Waals surface area contributed by atoms with Gasteiger partial charge in [-0.1, -0.05) is 48.5 Å². The van der Waals surface area contributed by atoms with E-state index in [9.17, 15) is 9.59 Å². The molecular formula is C24H24N4O2. The largest absolute Gasteiger partial charge is 0.333 e. The van der Waals surface area contributed by atoms with Crippen molar-refractivity contribution < 1.29 is 9.59 Å². The monoisotopic (exact) mass is 400 g/mol. The van der Waals surface area contributed by atoms with Crippen LogP contribution >= 0.6 is 0 Å². The zero-order valence-electron chi connectivity index (χ0n) is 16.9. The Hall–Kier alpha value is -3.41. The number of likely N-dealkylation sites (tertiary alicyclic amines) is 1. The fourth-order valence-electron chi connectivity index (χ4n) is 5.07. The molecule has 2 N–H and O–H groups in total. The average Bonchev–Trinajstić information content (AvgIpc) is 3.44. The molecule has 2 amide bonds. The van der Waals surface area contributed by atoms with Crippen molar-refractivity contribution in [1.29, 1.82) is 0 Å². The number of rotatable bonds is 4. The van der Waals surface area contributed by atoms with Crippen LogP contribution in [0.1, 0.15) is 40.2 Å². The molecule has 2 atom stereocenters. The highest BCUT2D eigenvalue weighted by Gasteiger charge is 2.58. The first-order chi connectivity index (χ1) is 14.6. The highest BCUT2D eigenvalue weighted by atomic mass is 16.2. The number of aryl methyl sites for hydroxylation is 2. The van der Waals surface area contributed by atoms with Gasteiger partial charge in [0.1, 0.15) is 5.69 Å². The lowest BCUT2D eigenvalue weighted by molar-refractivity contribution is -0.121. The molecule has 0 radical (unpaired) electrons. The second-order valence-corrected chi connectivity index (χ2v) is 8.20. The predicted molar refractivity (Wildman–Crippen MR) is 114 cm³/mol. The van der Waals surface area contributed by atoms with E-state index >= 15 is 0 Å². The van der Waals surface area contributed by atoms with Crippen LogP contribution in [0.2, 0.25) is 0 Å². The first kappa shape index (κ1) is 18.6. The molecule has 1 fully saturated rings. The summed E-state index contributed by atoms with van der Waals surface area (Å²) in [5, 5.41) is 10.1. The number of anilines is 1. The summed E-state index contributed by atoms with van der Waals surface area (Å²) in [5.74, 6) is -0.123. The Morgan fingerprint density at radius 1 is 1.17 bits per heavy atom. The number of carbonyl (C=O) groups is 2. The van der Waals surface area contributed by atoms with Crippen molar-refractivity contribution in [2.45, 2.75) is 37.6 Å². The number of nitrogens with zero attached hydrogens (tertiary/aromatic N) is 2. The van der Waals surface area contributed by atoms with Crippen LogP contribution in [-0.4, -0.2) is 39.5 Å². The Labute approximate surface area is 175 Å². The number of para-hydroxylation sites is 1. The fourth-order valence-corrected chi connectivity index (χ4v) is 5.07. The molecule has 0 saturated carbocycles. The Morgan fingerprint density at radius 2 is 1.93 bits per heavy atom. The Morgan fingerprint density at radius 3 is 2.70 bits per heavy atom. The van der Waals surface area contributed by atoms with E-state index in [1.807, 2.05) is 54.3 Å². The molecule has 6 heteroatoms. The van der Waals surface area contributed by atoms with Crippen molar-refractivity contribution in [3.8, 4) is 0 Å². The molecule has 0 aliphatic carbocycles. The van der Waals surface area contributed by atoms with Crippen LogP contribution < -0.4 is 5.32 Å². The van der Waals surface area contributed by atoms with Crippen LogP contribution in [0.5, 0.6) is 0 Å². The van der Waals surface area contributed by atoms with Gasteiger partial charge >= 0.3 is 0 Å². The fraction of sp³-hybridized carbons (Fsp3) is 0.292. The molecule has 3 aromatic rings. The summed E-state index contributed by atoms with van der Waals surface area (Å²) < 4.78 is 0. The molecule has 6 nitrogen and oxygen atoms in total. The van der Waals surface area contributed by atoms with E-state index in [0.717, 1.165) is 23.4 Å². The van der Waals surface area contributed by atoms with Gasteiger partial charge in [0.25, 0.3) is 5.91 Å². The van der Waals surface area contributed by atoms with E-state index in [1.165, 1.54) is 5.56 Å². The van der Waals surface area contributed by atoms with E-state index in [2.05, 4.69) is 27.6 Å². The van der Waals surface area contributed by atoms with Crippen LogP contribution in [0.15, 0.2) is 60.7 Å². The highest BCUT2D eigenvalue weighted by Crippen LogP contribution is 2.49. The van der Waals surface area contributed by atoms with E-state index in [0.29, 0.717) is 25.1 Å². The van der Waals surface area contributed by atoms with Gasteiger partial charge in [-0.2, -0.15) is 5.10 Å². The molecule has 30 heavy (non-hydrogen) atoms. The number of fused-ring (bicyclic) bond motifs is 2. The van der Waals surface area contributed by atoms with Crippen LogP contribution in [0.25, 0.3) is 0 Å². The van der Waals surface area contributed by atoms with Gasteiger partial charge in [-0.05, 0) is 49.4 Å². The molecule has 2 aliphatic heterocycles. The molecule has 0 unspecified atom stereocenters. The first-order valence-corrected chi connectivity index (χ1v) is 10.4. The number of aromatic nitrogens is 2. The topological polar surface area (TPSA) is 78.1 Å². The molecule has 2 aliphatic rings. The molecule has 0 bridgehead atoms. The van der Waals surface area contributed by atoms with E-state index in [-0.39, 0.29) is 17.9 Å². The molecule has 1 spiro atoms. The van der Waals surface area contributed by atoms with Gasteiger partial charge in [-0.15, -0.1) is 0 Å². The summed E-state index contributed by atoms with van der Waals surface area (Å²) in [6.07, 6.45) is 2.12. The van der Waals surface area contributed by atoms with Gasteiger partial charge in [0.05, 0.1) is 11.5 Å². The van der Waals surface area contributed by atoms with E-state index in [4.69, 9.17) is 0 Å². The second-order valence-electron chi connectivity index (χ2n) is 8.20. The maximum absolute atomic E-state index is 13.4. The van der Waals surface area contributed by atoms with Gasteiger partial charge in [0.15, 0.2) is 0 Å². The number of benzene rings is 2. The van der Waals surface area contributed by atoms with Crippen molar-refractivity contribution >= 4 is 17.5 Å². The highest BCUT2D eigenvalue weighted by molar-refractivity contribution is 6.08. The predicted octanol–water partition coefficient (Wildman–Crippen LogP) is 3.46. The summed E-state index contributed by atoms with van der Waals surface area (Å²) in [4.78, 5) is 28.5. The number of hydrogen-bond acceptors (Lipinski definition) is 3. The molecule has 3 heterocycles. The summed E-state index contributed by atoms with van der Waals surface area (Å²) in [7, 11) is 0. The van der Waals surface area contributed by atoms with Crippen molar-refractivity contribution in [3.05, 3.63) is 83.2 Å². The summed E-state index contributed by atoms with van der Waals surface area (Å²) in [5.41, 5.74) is 3.60. The standard InChI is InChI=1S/C24H24N4O2/c1-16-15-20(27-26-16)22(29)28-14-13-24(18-9-5-6-10-19(18)25-23(24)30)21(28)12-11-17-7-3-2-4-8-17/h2-10,15,21H,11-14H2,1H3,(H,25,30)(H,26,27)/t21-,24+/m0/s1. The summed E-state index contributed by atoms with van der Waals surface area (Å²) in [6, 6.07) is 19.6. The third-order valence-corrected chi connectivity index (χ3v) is 6.49. The first-order valence-electron chi connectivity index (χ1n) is 10.4. The molecule has 1 saturated heterocycles. The number of amides is 2. The molecule has 152 valence electrons. The van der Waals surface area contributed by atoms with Gasteiger partial charge in [-0.25, -0.2) is 0 Å². The van der Waals surface area contributed by atoms with Crippen LogP contribution in [-0.2, 0) is 16.6 Å². The van der Waals surface area contributed by atoms with Gasteiger partial charge < -0.3 is 10.2 Å². The maximum atomic E-state index is 13.4. The third kappa shape index (κ3) is 2.83. The lowest BCUT2D eigenvalue weighted by Gasteiger charge is -2.34. The minimum absolute atomic E-state index is 0.00438. The summed E-state index contributed by atoms with van der Waals surface area (Å²) >= 11 is 0. The minimum Gasteiger partial charge on any atom is -0.333 e. The Bertz CT molecular complexity index is 1110. The normalized spacial score (nSPS) is 22.4. The lowest BCUT2D eigenvalue weighted by atomic mass is 9.73. The average molecular weight is 400 g/mol. The number of H-pyrrole nitrogens is 1. The van der Waals surface area contributed by atoms with E-state index in [1.54, 1.807) is 6.07 Å². The van der Waals surface area contributed by atoms with Gasteiger partial charge in [-0.3, -0.25) is 14.7 Å². The third-order valence-electron chi connectivity index (χ3n) is 6.49. The quantitative estimate of drug-likeness (QED) is 0.704. The second kappa shape index (κ2) is 7.13. The molecular weight excluding hydrogens is 376 g/mol. The van der Waals surface area contributed by atoms with Crippen molar-refractivity contribution in [2.24, 2.45) is 0 Å². The molecule has 5 rings (SSSR count). The Kier molecular flexibility index (Phi) is 4.42. The van der Waals surface area contributed by atoms with Gasteiger partial charge in [0.2, 0.25) is 5.91 Å². The van der Waals surface area contributed by atoms with Crippen LogP contribution in [0.3, 0.4) is 0 Å². The molecule has 1 aromatic heterocycles. The van der Waals surface area contributed by atoms with E-state index < -0.39 is 5.41 Å². The number of carbonyl (C=O) groups excluding carboxylic acids is 2. The summed E-state index contributed by atoms with van der Waals surface area (Å²) in [6.45, 7) is 2.41. The smallest absolute Gasteiger partial charge is 0.274 e. The van der Waals surface area contributed by atoms with Crippen molar-refractivity contribution in [2.75, 3.05) is 11.9 Å². The minimum atomic E-state index is -0.716. The number of nitrogens with one attached hydrogen (secondary N) is 2. The SMILES string of the molecule is Cc1cc(C(=O)N2CC[C@]3(C(=O)Nc4ccccc43)[C@@H]2CCc2ccccc2)n[nH]1. The van der Waals surface area contributed by atoms with Crippen LogP contribution in [0, 0.1) is 6.92 Å². The van der Waals surface area contributed by atoms with Crippen molar-refractivity contribution in [3.63, 3.8) is 0 Å². The number of hydrogen-bond donors (Lipinski definition) is 2. The zero-order valence-corrected chi connectivity index (χ0v) is 16.9. The van der Waals surface area contributed by atoms with Gasteiger partial charge in [0, 0.05) is 17.9 Å². The zero-order chi connectivity index (χ0) is 20.7. The Balaban J connectivity index is 1.54. The lowest BCUT2D eigenvalue weighted by Crippen LogP contribution is -2.49. The maximum Gasteiger partial charge on any atom is 0.274 e.